The third kappa shape index (κ3) is 0.867. The average molecular weight is 218 g/mol. The second kappa shape index (κ2) is 2.67. The molecule has 2 aromatic rings. The van der Waals surface area contributed by atoms with Crippen LogP contribution in [0.1, 0.15) is 17.2 Å². The molecule has 7 heteroatoms. The van der Waals surface area contributed by atoms with Crippen LogP contribution < -0.4 is 0 Å². The highest BCUT2D eigenvalue weighted by Crippen LogP contribution is 2.61. The van der Waals surface area contributed by atoms with Crippen LogP contribution in [0.4, 0.5) is 0 Å². The number of rotatable bonds is 2. The zero-order valence-electron chi connectivity index (χ0n) is 8.38. The third-order valence-corrected chi connectivity index (χ3v) is 3.77. The molecule has 0 spiro atoms. The number of hydrogen-bond acceptors (Lipinski definition) is 5. The van der Waals surface area contributed by atoms with Gasteiger partial charge in [-0.2, -0.15) is 10.3 Å². The molecule has 2 heterocycles. The van der Waals surface area contributed by atoms with Crippen molar-refractivity contribution in [3.63, 3.8) is 0 Å². The number of aromatic amines is 2. The number of hydrogen-bond donors (Lipinski definition) is 3. The minimum absolute atomic E-state index is 0.263. The van der Waals surface area contributed by atoms with E-state index in [0.717, 1.165) is 17.8 Å². The maximum atomic E-state index is 9.15. The van der Waals surface area contributed by atoms with Gasteiger partial charge in [0.25, 0.3) is 0 Å². The fourth-order valence-electron chi connectivity index (χ4n) is 2.93. The monoisotopic (exact) mass is 218 g/mol. The maximum Gasteiger partial charge on any atom is 0.222 e. The highest BCUT2D eigenvalue weighted by Gasteiger charge is 2.57. The molecule has 2 aliphatic rings. The van der Waals surface area contributed by atoms with Gasteiger partial charge in [0.05, 0.1) is 5.69 Å². The number of aliphatic hydroxyl groups excluding tert-OH is 1. The molecule has 3 unspecified atom stereocenters. The molecule has 1 fully saturated rings. The van der Waals surface area contributed by atoms with E-state index in [1.54, 1.807) is 0 Å². The van der Waals surface area contributed by atoms with Crippen molar-refractivity contribution in [2.75, 3.05) is 6.61 Å². The Balaban J connectivity index is 1.77. The molecular formula is C9H10N6O. The lowest BCUT2D eigenvalue weighted by Gasteiger charge is -1.99. The molecule has 7 nitrogen and oxygen atoms in total. The van der Waals surface area contributed by atoms with Crippen molar-refractivity contribution >= 4 is 0 Å². The molecule has 0 aliphatic heterocycles. The number of aliphatic hydroxyl groups is 1. The fraction of sp³-hybridized carbons (Fsp3) is 0.556. The van der Waals surface area contributed by atoms with Gasteiger partial charge in [0.15, 0.2) is 0 Å². The molecule has 1 saturated carbocycles. The van der Waals surface area contributed by atoms with E-state index in [2.05, 4.69) is 30.8 Å². The zero-order chi connectivity index (χ0) is 10.7. The van der Waals surface area contributed by atoms with Crippen molar-refractivity contribution in [3.8, 4) is 11.5 Å². The summed E-state index contributed by atoms with van der Waals surface area (Å²) in [5.41, 5.74) is 3.15. The van der Waals surface area contributed by atoms with Gasteiger partial charge in [-0.25, -0.2) is 0 Å². The number of tetrazole rings is 1. The van der Waals surface area contributed by atoms with E-state index in [4.69, 9.17) is 5.11 Å². The molecule has 0 aromatic carbocycles. The van der Waals surface area contributed by atoms with E-state index in [-0.39, 0.29) is 6.61 Å². The Morgan fingerprint density at radius 3 is 3.06 bits per heavy atom. The molecule has 4 rings (SSSR count). The minimum atomic E-state index is 0.263. The van der Waals surface area contributed by atoms with E-state index < -0.39 is 0 Å². The van der Waals surface area contributed by atoms with Crippen LogP contribution in [-0.4, -0.2) is 42.5 Å². The lowest BCUT2D eigenvalue weighted by molar-refractivity contribution is 0.265. The molecule has 0 bridgehead atoms. The largest absolute Gasteiger partial charge is 0.396 e. The summed E-state index contributed by atoms with van der Waals surface area (Å²) in [7, 11) is 0. The topological polar surface area (TPSA) is 103 Å². The predicted octanol–water partition coefficient (Wildman–Crippen LogP) is -0.532. The Kier molecular flexibility index (Phi) is 1.40. The average Bonchev–Trinajstić information content (AvgIpc) is 2.73. The second-order valence-corrected chi connectivity index (χ2v) is 4.44. The Labute approximate surface area is 90.3 Å². The molecule has 2 aliphatic carbocycles. The highest BCUT2D eigenvalue weighted by molar-refractivity contribution is 5.59. The molecule has 2 aromatic heterocycles. The van der Waals surface area contributed by atoms with Crippen LogP contribution in [-0.2, 0) is 6.42 Å². The number of nitrogens with zero attached hydrogens (tertiary/aromatic N) is 4. The molecule has 3 atom stereocenters. The molecule has 3 N–H and O–H groups in total. The van der Waals surface area contributed by atoms with Gasteiger partial charge in [-0.05, 0) is 23.5 Å². The number of fused-ring (bicyclic) bond motifs is 3. The molecule has 16 heavy (non-hydrogen) atoms. The van der Waals surface area contributed by atoms with E-state index in [1.807, 2.05) is 0 Å². The Morgan fingerprint density at radius 1 is 1.38 bits per heavy atom. The predicted molar refractivity (Wildman–Crippen MR) is 52.3 cm³/mol. The van der Waals surface area contributed by atoms with Crippen LogP contribution in [0.5, 0.6) is 0 Å². The standard InChI is InChI=1S/C9H10N6O/c16-2-5-3-1-4-7(6(3)5)10-11-8(4)9-12-14-15-13-9/h3,5-6,16H,1-2H2,(H,10,11)(H,12,13,14,15). The molecule has 0 amide bonds. The van der Waals surface area contributed by atoms with Crippen molar-refractivity contribution in [2.45, 2.75) is 12.3 Å². The number of aromatic nitrogens is 6. The van der Waals surface area contributed by atoms with Crippen molar-refractivity contribution in [1.82, 2.24) is 30.8 Å². The van der Waals surface area contributed by atoms with Crippen LogP contribution in [0.3, 0.4) is 0 Å². The van der Waals surface area contributed by atoms with Crippen molar-refractivity contribution in [3.05, 3.63) is 11.3 Å². The van der Waals surface area contributed by atoms with Crippen molar-refractivity contribution in [1.29, 1.82) is 0 Å². The maximum absolute atomic E-state index is 9.15. The second-order valence-electron chi connectivity index (χ2n) is 4.44. The van der Waals surface area contributed by atoms with Gasteiger partial charge in [0, 0.05) is 18.1 Å². The first-order chi connectivity index (χ1) is 7.90. The smallest absolute Gasteiger partial charge is 0.222 e. The minimum Gasteiger partial charge on any atom is -0.396 e. The first kappa shape index (κ1) is 8.40. The quantitative estimate of drug-likeness (QED) is 0.628. The van der Waals surface area contributed by atoms with Gasteiger partial charge < -0.3 is 5.11 Å². The van der Waals surface area contributed by atoms with Gasteiger partial charge >= 0.3 is 0 Å². The fourth-order valence-corrected chi connectivity index (χ4v) is 2.93. The summed E-state index contributed by atoms with van der Waals surface area (Å²) in [5, 5.41) is 30.3. The van der Waals surface area contributed by atoms with Crippen molar-refractivity contribution in [2.24, 2.45) is 11.8 Å². The summed E-state index contributed by atoms with van der Waals surface area (Å²) in [6.07, 6.45) is 0.964. The van der Waals surface area contributed by atoms with Gasteiger partial charge in [0.2, 0.25) is 5.82 Å². The van der Waals surface area contributed by atoms with Crippen LogP contribution in [0.15, 0.2) is 0 Å². The summed E-state index contributed by atoms with van der Waals surface area (Å²) < 4.78 is 0. The van der Waals surface area contributed by atoms with Gasteiger partial charge in [-0.15, -0.1) is 10.2 Å². The first-order valence-corrected chi connectivity index (χ1v) is 5.32. The van der Waals surface area contributed by atoms with Gasteiger partial charge in [-0.3, -0.25) is 5.10 Å². The van der Waals surface area contributed by atoms with E-state index in [9.17, 15) is 0 Å². The summed E-state index contributed by atoms with van der Waals surface area (Å²) in [6, 6.07) is 0. The Hall–Kier alpha value is -1.76. The third-order valence-electron chi connectivity index (χ3n) is 3.77. The Bertz CT molecular complexity index is 532. The van der Waals surface area contributed by atoms with Crippen LogP contribution in [0, 0.1) is 11.8 Å². The summed E-state index contributed by atoms with van der Waals surface area (Å²) in [6.45, 7) is 0.263. The highest BCUT2D eigenvalue weighted by atomic mass is 16.3. The summed E-state index contributed by atoms with van der Waals surface area (Å²) in [4.78, 5) is 0. The molecule has 0 saturated heterocycles. The molecular weight excluding hydrogens is 208 g/mol. The van der Waals surface area contributed by atoms with Crippen LogP contribution >= 0.6 is 0 Å². The Morgan fingerprint density at radius 2 is 2.31 bits per heavy atom. The number of nitrogens with one attached hydrogen (secondary N) is 2. The summed E-state index contributed by atoms with van der Waals surface area (Å²) >= 11 is 0. The van der Waals surface area contributed by atoms with E-state index in [0.29, 0.717) is 23.6 Å². The summed E-state index contributed by atoms with van der Waals surface area (Å²) in [5.74, 6) is 1.99. The van der Waals surface area contributed by atoms with Crippen LogP contribution in [0.2, 0.25) is 0 Å². The normalized spacial score (nSPS) is 30.2. The van der Waals surface area contributed by atoms with Gasteiger partial charge in [0.1, 0.15) is 5.69 Å². The van der Waals surface area contributed by atoms with E-state index >= 15 is 0 Å². The van der Waals surface area contributed by atoms with Crippen LogP contribution in [0.25, 0.3) is 11.5 Å². The van der Waals surface area contributed by atoms with Gasteiger partial charge in [-0.1, -0.05) is 0 Å². The van der Waals surface area contributed by atoms with Crippen molar-refractivity contribution < 1.29 is 5.11 Å². The molecule has 0 radical (unpaired) electrons. The SMILES string of the molecule is OCC1C2Cc3c(n[nH]c3-c3nn[nH]n3)C12. The zero-order valence-corrected chi connectivity index (χ0v) is 8.38. The lowest BCUT2D eigenvalue weighted by atomic mass is 10.1. The first-order valence-electron chi connectivity index (χ1n) is 5.32. The molecule has 82 valence electrons. The lowest BCUT2D eigenvalue weighted by Crippen LogP contribution is -1.97. The van der Waals surface area contributed by atoms with E-state index in [1.165, 1.54) is 5.56 Å². The number of H-pyrrole nitrogens is 2.